The van der Waals surface area contributed by atoms with Crippen molar-refractivity contribution in [2.75, 3.05) is 5.73 Å². The van der Waals surface area contributed by atoms with Gasteiger partial charge in [-0.15, -0.1) is 0 Å². The van der Waals surface area contributed by atoms with Gasteiger partial charge in [-0.25, -0.2) is 4.98 Å². The third kappa shape index (κ3) is 4.06. The molecular formula is C15H20N4O2. The fourth-order valence-electron chi connectivity index (χ4n) is 1.91. The molecule has 6 heteroatoms. The first-order valence-corrected chi connectivity index (χ1v) is 6.93. The summed E-state index contributed by atoms with van der Waals surface area (Å²) in [5.74, 6) is 0.111. The molecule has 0 saturated heterocycles. The maximum Gasteiger partial charge on any atom is 0.273 e. The quantitative estimate of drug-likeness (QED) is 0.704. The molecule has 112 valence electrons. The topological polar surface area (TPSA) is 107 Å². The lowest BCUT2D eigenvalue weighted by molar-refractivity contribution is 0.0946. The second-order valence-electron chi connectivity index (χ2n) is 4.89. The van der Waals surface area contributed by atoms with Crippen LogP contribution < -0.4 is 16.8 Å². The summed E-state index contributed by atoms with van der Waals surface area (Å²) < 4.78 is 5.25. The van der Waals surface area contributed by atoms with Gasteiger partial charge in [0.2, 0.25) is 5.89 Å². The number of nitrogens with zero attached hydrogens (tertiary/aromatic N) is 1. The second-order valence-corrected chi connectivity index (χ2v) is 4.89. The van der Waals surface area contributed by atoms with E-state index in [0.717, 1.165) is 18.4 Å². The Balaban J connectivity index is 1.93. The molecule has 1 heterocycles. The van der Waals surface area contributed by atoms with Crippen LogP contribution in [-0.2, 0) is 6.54 Å². The van der Waals surface area contributed by atoms with Crippen LogP contribution in [0.4, 0.5) is 5.69 Å². The summed E-state index contributed by atoms with van der Waals surface area (Å²) in [5, 5.41) is 2.78. The summed E-state index contributed by atoms with van der Waals surface area (Å²) in [6.45, 7) is 2.44. The lowest BCUT2D eigenvalue weighted by atomic mass is 10.2. The summed E-state index contributed by atoms with van der Waals surface area (Å²) in [5.41, 5.74) is 13.4. The Hall–Kier alpha value is -2.34. The highest BCUT2D eigenvalue weighted by atomic mass is 16.3. The molecule has 1 aromatic carbocycles. The number of rotatable bonds is 6. The number of nitrogens with two attached hydrogens (primary N) is 2. The molecule has 0 bridgehead atoms. The highest BCUT2D eigenvalue weighted by Crippen LogP contribution is 2.15. The Kier molecular flexibility index (Phi) is 4.94. The summed E-state index contributed by atoms with van der Waals surface area (Å²) in [6.07, 6.45) is 3.04. The van der Waals surface area contributed by atoms with Crippen LogP contribution in [0.2, 0.25) is 0 Å². The van der Waals surface area contributed by atoms with E-state index < -0.39 is 0 Å². The van der Waals surface area contributed by atoms with E-state index in [1.165, 1.54) is 6.26 Å². The fourth-order valence-corrected chi connectivity index (χ4v) is 1.91. The monoisotopic (exact) mass is 288 g/mol. The largest absolute Gasteiger partial charge is 0.446 e. The molecule has 5 N–H and O–H groups in total. The van der Waals surface area contributed by atoms with E-state index >= 15 is 0 Å². The van der Waals surface area contributed by atoms with Gasteiger partial charge in [0.25, 0.3) is 5.91 Å². The Labute approximate surface area is 123 Å². The number of carbonyl (C=O) groups excluding carboxylic acids is 1. The number of carbonyl (C=O) groups is 1. The van der Waals surface area contributed by atoms with Gasteiger partial charge in [-0.3, -0.25) is 4.79 Å². The molecule has 1 amide bonds. The predicted octanol–water partition coefficient (Wildman–Crippen LogP) is 1.99. The van der Waals surface area contributed by atoms with Crippen molar-refractivity contribution in [1.82, 2.24) is 10.3 Å². The molecule has 0 radical (unpaired) electrons. The Morgan fingerprint density at radius 2 is 2.10 bits per heavy atom. The van der Waals surface area contributed by atoms with E-state index in [1.54, 1.807) is 12.1 Å². The molecule has 0 fully saturated rings. The minimum absolute atomic E-state index is 0.243. The first-order valence-electron chi connectivity index (χ1n) is 6.93. The van der Waals surface area contributed by atoms with Crippen LogP contribution >= 0.6 is 0 Å². The summed E-state index contributed by atoms with van der Waals surface area (Å²) in [4.78, 5) is 16.1. The van der Waals surface area contributed by atoms with E-state index in [2.05, 4.69) is 10.3 Å². The maximum atomic E-state index is 12.0. The molecule has 1 aromatic heterocycles. The van der Waals surface area contributed by atoms with Gasteiger partial charge in [0.1, 0.15) is 6.26 Å². The van der Waals surface area contributed by atoms with Gasteiger partial charge >= 0.3 is 0 Å². The van der Waals surface area contributed by atoms with Crippen LogP contribution in [0.25, 0.3) is 0 Å². The van der Waals surface area contributed by atoms with Gasteiger partial charge in [0.15, 0.2) is 5.69 Å². The summed E-state index contributed by atoms with van der Waals surface area (Å²) in [7, 11) is 0. The van der Waals surface area contributed by atoms with Gasteiger partial charge in [-0.05, 0) is 24.1 Å². The highest BCUT2D eigenvalue weighted by molar-refractivity contribution is 5.91. The van der Waals surface area contributed by atoms with Crippen LogP contribution in [0, 0.1) is 0 Å². The van der Waals surface area contributed by atoms with E-state index in [9.17, 15) is 4.79 Å². The van der Waals surface area contributed by atoms with Crippen molar-refractivity contribution >= 4 is 11.6 Å². The van der Waals surface area contributed by atoms with E-state index in [4.69, 9.17) is 15.9 Å². The van der Waals surface area contributed by atoms with E-state index in [1.807, 2.05) is 19.1 Å². The molecule has 6 nitrogen and oxygen atoms in total. The molecule has 0 aliphatic carbocycles. The standard InChI is InChI=1S/C15H20N4O2/c1-2-3-12(17)15-19-13(9-21-15)14(20)18-8-10-4-6-11(16)7-5-10/h4-7,9,12H,2-3,8,16-17H2,1H3,(H,18,20). The molecule has 21 heavy (non-hydrogen) atoms. The third-order valence-corrected chi connectivity index (χ3v) is 3.10. The number of nitrogens with one attached hydrogen (secondary N) is 1. The van der Waals surface area contributed by atoms with Crippen molar-refractivity contribution < 1.29 is 9.21 Å². The van der Waals surface area contributed by atoms with Gasteiger partial charge in [0.05, 0.1) is 6.04 Å². The molecule has 2 rings (SSSR count). The minimum atomic E-state index is -0.287. The third-order valence-electron chi connectivity index (χ3n) is 3.10. The number of hydrogen-bond acceptors (Lipinski definition) is 5. The first-order chi connectivity index (χ1) is 10.1. The van der Waals surface area contributed by atoms with Crippen LogP contribution in [-0.4, -0.2) is 10.9 Å². The van der Waals surface area contributed by atoms with Crippen molar-refractivity contribution in [2.24, 2.45) is 5.73 Å². The Morgan fingerprint density at radius 3 is 2.76 bits per heavy atom. The smallest absolute Gasteiger partial charge is 0.273 e. The van der Waals surface area contributed by atoms with Crippen LogP contribution in [0.15, 0.2) is 34.9 Å². The van der Waals surface area contributed by atoms with Crippen molar-refractivity contribution in [3.8, 4) is 0 Å². The summed E-state index contributed by atoms with van der Waals surface area (Å²) in [6, 6.07) is 7.04. The number of aromatic nitrogens is 1. The van der Waals surface area contributed by atoms with Gasteiger partial charge in [-0.2, -0.15) is 0 Å². The zero-order chi connectivity index (χ0) is 15.2. The van der Waals surface area contributed by atoms with Gasteiger partial charge < -0.3 is 21.2 Å². The SMILES string of the molecule is CCCC(N)c1nc(C(=O)NCc2ccc(N)cc2)co1. The number of nitrogen functional groups attached to an aromatic ring is 1. The van der Waals surface area contributed by atoms with Crippen molar-refractivity contribution in [3.05, 3.63) is 47.7 Å². The normalized spacial score (nSPS) is 12.1. The van der Waals surface area contributed by atoms with Gasteiger partial charge in [-0.1, -0.05) is 25.5 Å². The molecular weight excluding hydrogens is 268 g/mol. The van der Waals surface area contributed by atoms with Crippen LogP contribution in [0.3, 0.4) is 0 Å². The molecule has 1 unspecified atom stereocenters. The average Bonchev–Trinajstić information content (AvgIpc) is 2.96. The van der Waals surface area contributed by atoms with E-state index in [0.29, 0.717) is 18.1 Å². The Morgan fingerprint density at radius 1 is 1.38 bits per heavy atom. The zero-order valence-corrected chi connectivity index (χ0v) is 12.0. The Bertz CT molecular complexity index is 592. The number of anilines is 1. The average molecular weight is 288 g/mol. The lowest BCUT2D eigenvalue weighted by Gasteiger charge is -2.04. The molecule has 2 aromatic rings. The van der Waals surface area contributed by atoms with Crippen molar-refractivity contribution in [3.63, 3.8) is 0 Å². The summed E-state index contributed by atoms with van der Waals surface area (Å²) >= 11 is 0. The van der Waals surface area contributed by atoms with Crippen molar-refractivity contribution in [1.29, 1.82) is 0 Å². The lowest BCUT2D eigenvalue weighted by Crippen LogP contribution is -2.23. The molecule has 1 atom stereocenters. The number of oxazole rings is 1. The van der Waals surface area contributed by atoms with Gasteiger partial charge in [0, 0.05) is 12.2 Å². The van der Waals surface area contributed by atoms with Crippen LogP contribution in [0.5, 0.6) is 0 Å². The number of hydrogen-bond donors (Lipinski definition) is 3. The fraction of sp³-hybridized carbons (Fsp3) is 0.333. The highest BCUT2D eigenvalue weighted by Gasteiger charge is 2.16. The minimum Gasteiger partial charge on any atom is -0.446 e. The number of amides is 1. The van der Waals surface area contributed by atoms with Crippen molar-refractivity contribution in [2.45, 2.75) is 32.4 Å². The molecule has 0 aliphatic heterocycles. The first kappa shape index (κ1) is 15.1. The molecule has 0 aliphatic rings. The zero-order valence-electron chi connectivity index (χ0n) is 12.0. The molecule has 0 saturated carbocycles. The molecule has 0 spiro atoms. The maximum absolute atomic E-state index is 12.0. The van der Waals surface area contributed by atoms with E-state index in [-0.39, 0.29) is 17.6 Å². The number of benzene rings is 1. The predicted molar refractivity (Wildman–Crippen MR) is 80.4 cm³/mol. The second kappa shape index (κ2) is 6.90. The van der Waals surface area contributed by atoms with Crippen LogP contribution in [0.1, 0.15) is 47.7 Å².